The molecule has 2 aromatic heterocycles. The number of methoxy groups -OCH3 is 1. The van der Waals surface area contributed by atoms with Gasteiger partial charge in [0.25, 0.3) is 0 Å². The van der Waals surface area contributed by atoms with Gasteiger partial charge in [0.05, 0.1) is 42.5 Å². The summed E-state index contributed by atoms with van der Waals surface area (Å²) in [5.74, 6) is 0.603. The maximum Gasteiger partial charge on any atom is 0.240 e. The molecule has 0 aliphatic carbocycles. The molecule has 12 heteroatoms. The number of anilines is 1. The minimum absolute atomic E-state index is 0.0910. The number of hydrazine groups is 1. The van der Waals surface area contributed by atoms with Crippen molar-refractivity contribution in [1.82, 2.24) is 25.2 Å². The Balaban J connectivity index is 1.47. The molecule has 0 spiro atoms. The first-order valence-corrected chi connectivity index (χ1v) is 16.6. The summed E-state index contributed by atoms with van der Waals surface area (Å²) in [6.45, 7) is 11.7. The Kier molecular flexibility index (Phi) is 6.93. The third-order valence-electron chi connectivity index (χ3n) is 6.90. The van der Waals surface area contributed by atoms with E-state index in [1.165, 1.54) is 12.3 Å². The van der Waals surface area contributed by atoms with Gasteiger partial charge in [-0.05, 0) is 43.7 Å². The molecule has 5 rings (SSSR count). The van der Waals surface area contributed by atoms with Crippen LogP contribution in [0.15, 0.2) is 53.5 Å². The molecule has 10 nitrogen and oxygen atoms in total. The molecule has 1 saturated heterocycles. The lowest BCUT2D eigenvalue weighted by Crippen LogP contribution is -2.38. The number of carbonyl (C=O) groups excluding carboxylic acids is 1. The molecule has 0 atom stereocenters. The van der Waals surface area contributed by atoms with E-state index in [2.05, 4.69) is 35.3 Å². The van der Waals surface area contributed by atoms with Crippen molar-refractivity contribution >= 4 is 36.5 Å². The number of aromatic nitrogens is 3. The summed E-state index contributed by atoms with van der Waals surface area (Å²) in [6, 6.07) is 10.0. The van der Waals surface area contributed by atoms with Crippen LogP contribution in [0.4, 0.5) is 10.2 Å². The average Bonchev–Trinajstić information content (AvgIpc) is 3.33. The van der Waals surface area contributed by atoms with Gasteiger partial charge in [0.1, 0.15) is 24.0 Å². The zero-order valence-electron chi connectivity index (χ0n) is 23.2. The minimum Gasteiger partial charge on any atom is -0.497 e. The van der Waals surface area contributed by atoms with E-state index in [9.17, 15) is 9.18 Å². The molecule has 3 aromatic rings. The second-order valence-electron chi connectivity index (χ2n) is 11.5. The van der Waals surface area contributed by atoms with Crippen molar-refractivity contribution in [2.24, 2.45) is 10.5 Å². The molecule has 39 heavy (non-hydrogen) atoms. The number of nitrogens with zero attached hydrogens (tertiary/aromatic N) is 6. The van der Waals surface area contributed by atoms with Crippen molar-refractivity contribution in [3.63, 3.8) is 0 Å². The van der Waals surface area contributed by atoms with Gasteiger partial charge in [-0.15, -0.1) is 5.10 Å². The number of rotatable bonds is 9. The van der Waals surface area contributed by atoms with E-state index in [0.29, 0.717) is 41.4 Å². The molecule has 0 bridgehead atoms. The van der Waals surface area contributed by atoms with Crippen molar-refractivity contribution in [3.05, 3.63) is 59.8 Å². The Morgan fingerprint density at radius 2 is 1.90 bits per heavy atom. The largest absolute Gasteiger partial charge is 0.497 e. The number of ether oxygens (including phenoxy) is 2. The highest BCUT2D eigenvalue weighted by molar-refractivity contribution is 6.76. The van der Waals surface area contributed by atoms with Crippen molar-refractivity contribution in [2.45, 2.75) is 46.1 Å². The molecule has 206 valence electrons. The van der Waals surface area contributed by atoms with Crippen LogP contribution >= 0.6 is 0 Å². The molecule has 1 aromatic carbocycles. The number of carbonyl (C=O) groups is 1. The summed E-state index contributed by atoms with van der Waals surface area (Å²) in [6.07, 6.45) is 2.94. The normalized spacial score (nSPS) is 16.7. The van der Waals surface area contributed by atoms with Gasteiger partial charge in [0, 0.05) is 14.7 Å². The predicted molar refractivity (Wildman–Crippen MR) is 150 cm³/mol. The summed E-state index contributed by atoms with van der Waals surface area (Å²) in [5.41, 5.74) is 4.90. The van der Waals surface area contributed by atoms with E-state index in [1.807, 2.05) is 38.1 Å². The first-order chi connectivity index (χ1) is 18.5. The number of amides is 1. The number of hydrazone groups is 1. The number of nitrogens with one attached hydrogen (secondary N) is 1. The molecule has 0 unspecified atom stereocenters. The van der Waals surface area contributed by atoms with E-state index >= 15 is 0 Å². The number of fused-ring (bicyclic) bond motifs is 2. The van der Waals surface area contributed by atoms with E-state index in [0.717, 1.165) is 17.4 Å². The summed E-state index contributed by atoms with van der Waals surface area (Å²) < 4.78 is 27.2. The van der Waals surface area contributed by atoms with Crippen molar-refractivity contribution in [2.75, 3.05) is 25.5 Å². The van der Waals surface area contributed by atoms with Crippen molar-refractivity contribution in [3.8, 4) is 5.75 Å². The summed E-state index contributed by atoms with van der Waals surface area (Å²) in [5, 5.41) is 11.4. The number of likely N-dealkylation sites (tertiary alicyclic amines) is 1. The molecule has 0 radical (unpaired) electrons. The highest BCUT2D eigenvalue weighted by Crippen LogP contribution is 2.38. The standard InChI is InChI=1S/C27H34FN7O3Si/c1-27(2)23-22(33(26(27)36)17-38-11-12-39(4,5)6)16-35(32-30-23)25-21-13-19(28)14-29-24(21)34(31-25)15-18-7-9-20(37-3)10-8-18/h7-10,13-14,16,32H,11-12,15,17H2,1-6H3. The Morgan fingerprint density at radius 3 is 2.59 bits per heavy atom. The van der Waals surface area contributed by atoms with E-state index in [4.69, 9.17) is 14.6 Å². The van der Waals surface area contributed by atoms with Crippen LogP contribution in [-0.2, 0) is 16.1 Å². The quantitative estimate of drug-likeness (QED) is 0.312. The third-order valence-corrected chi connectivity index (χ3v) is 8.60. The molecule has 0 saturated carbocycles. The van der Waals surface area contributed by atoms with Gasteiger partial charge in [-0.2, -0.15) is 5.10 Å². The first kappa shape index (κ1) is 26.8. The van der Waals surface area contributed by atoms with Crippen molar-refractivity contribution < 1.29 is 18.7 Å². The number of hydrogen-bond donors (Lipinski definition) is 1. The van der Waals surface area contributed by atoms with Crippen LogP contribution in [0.1, 0.15) is 19.4 Å². The molecule has 4 heterocycles. The van der Waals surface area contributed by atoms with E-state index in [-0.39, 0.29) is 12.6 Å². The molecule has 1 N–H and O–H groups in total. The predicted octanol–water partition coefficient (Wildman–Crippen LogP) is 4.33. The molecule has 1 fully saturated rings. The Morgan fingerprint density at radius 1 is 1.15 bits per heavy atom. The van der Waals surface area contributed by atoms with Gasteiger partial charge < -0.3 is 9.47 Å². The van der Waals surface area contributed by atoms with Crippen molar-refractivity contribution in [1.29, 1.82) is 0 Å². The summed E-state index contributed by atoms with van der Waals surface area (Å²) >= 11 is 0. The van der Waals surface area contributed by atoms with Crippen LogP contribution in [0.3, 0.4) is 0 Å². The second kappa shape index (κ2) is 10.1. The first-order valence-electron chi connectivity index (χ1n) is 12.9. The Bertz CT molecular complexity index is 1460. The van der Waals surface area contributed by atoms with Crippen LogP contribution in [-0.4, -0.2) is 59.8 Å². The van der Waals surface area contributed by atoms with E-state index < -0.39 is 19.3 Å². The monoisotopic (exact) mass is 551 g/mol. The Hall–Kier alpha value is -3.77. The Labute approximate surface area is 228 Å². The van der Waals surface area contributed by atoms with Crippen LogP contribution < -0.4 is 15.3 Å². The molecular weight excluding hydrogens is 517 g/mol. The van der Waals surface area contributed by atoms with Gasteiger partial charge in [-0.3, -0.25) is 9.69 Å². The van der Waals surface area contributed by atoms with Gasteiger partial charge in [-0.25, -0.2) is 24.6 Å². The maximum atomic E-state index is 14.3. The fourth-order valence-electron chi connectivity index (χ4n) is 4.56. The number of pyridine rings is 1. The molecule has 2 aliphatic heterocycles. The zero-order chi connectivity index (χ0) is 27.9. The molecular formula is C27H34FN7O3Si. The number of halogens is 1. The smallest absolute Gasteiger partial charge is 0.240 e. The zero-order valence-corrected chi connectivity index (χ0v) is 24.2. The topological polar surface area (TPSA) is 97.1 Å². The fraction of sp³-hybridized carbons (Fsp3) is 0.407. The number of allylic oxidation sites excluding steroid dienone is 1. The summed E-state index contributed by atoms with van der Waals surface area (Å²) in [7, 11) is 0.351. The maximum absolute atomic E-state index is 14.3. The third kappa shape index (κ3) is 5.26. The fourth-order valence-corrected chi connectivity index (χ4v) is 5.32. The molecule has 1 amide bonds. The lowest BCUT2D eigenvalue weighted by molar-refractivity contribution is -0.136. The highest BCUT2D eigenvalue weighted by atomic mass is 28.3. The van der Waals surface area contributed by atoms with Crippen LogP contribution in [0.2, 0.25) is 25.7 Å². The minimum atomic E-state index is -1.27. The molecule has 2 aliphatic rings. The van der Waals surface area contributed by atoms with Gasteiger partial charge in [0.15, 0.2) is 11.5 Å². The summed E-state index contributed by atoms with van der Waals surface area (Å²) in [4.78, 5) is 19.3. The highest BCUT2D eigenvalue weighted by Gasteiger charge is 2.50. The number of hydrogen-bond acceptors (Lipinski definition) is 8. The second-order valence-corrected chi connectivity index (χ2v) is 17.1. The van der Waals surface area contributed by atoms with Crippen LogP contribution in [0, 0.1) is 11.2 Å². The lowest BCUT2D eigenvalue weighted by atomic mass is 9.89. The van der Waals surface area contributed by atoms with E-state index in [1.54, 1.807) is 27.9 Å². The average molecular weight is 552 g/mol. The van der Waals surface area contributed by atoms with Gasteiger partial charge in [-0.1, -0.05) is 31.8 Å². The van der Waals surface area contributed by atoms with Crippen LogP contribution in [0.5, 0.6) is 5.75 Å². The van der Waals surface area contributed by atoms with Gasteiger partial charge >= 0.3 is 0 Å². The van der Waals surface area contributed by atoms with Gasteiger partial charge in [0.2, 0.25) is 5.91 Å². The lowest BCUT2D eigenvalue weighted by Gasteiger charge is -2.26. The SMILES string of the molecule is COc1ccc(Cn2nc(N3C=C4C(=NN3)C(C)(C)C(=O)N4COCC[Si](C)(C)C)c3cc(F)cnc32)cc1. The van der Waals surface area contributed by atoms with Crippen LogP contribution in [0.25, 0.3) is 11.0 Å². The number of benzene rings is 1.